The molecule has 1 aromatic heterocycles. The number of ether oxygens (including phenoxy) is 2. The summed E-state index contributed by atoms with van der Waals surface area (Å²) in [6.07, 6.45) is 0.975. The van der Waals surface area contributed by atoms with E-state index in [1.807, 2.05) is 66.2 Å². The molecule has 2 N–H and O–H groups in total. The molecule has 0 amide bonds. The Hall–Kier alpha value is -4.04. The van der Waals surface area contributed by atoms with Crippen molar-refractivity contribution in [2.75, 3.05) is 19.5 Å². The summed E-state index contributed by atoms with van der Waals surface area (Å²) < 4.78 is 13.7. The number of nitrogens with one attached hydrogen (secondary N) is 1. The minimum absolute atomic E-state index is 0.0453. The zero-order chi connectivity index (χ0) is 27.3. The second-order valence-electron chi connectivity index (χ2n) is 9.89. The fraction of sp³-hybridized carbons (Fsp3) is 0.226. The van der Waals surface area contributed by atoms with Crippen LogP contribution in [0.25, 0.3) is 5.69 Å². The van der Waals surface area contributed by atoms with E-state index < -0.39 is 5.92 Å². The second kappa shape index (κ2) is 9.93. The molecule has 0 bridgehead atoms. The topological polar surface area (TPSA) is 85.6 Å². The van der Waals surface area contributed by atoms with Crippen LogP contribution in [0, 0.1) is 6.92 Å². The van der Waals surface area contributed by atoms with Crippen LogP contribution >= 0.6 is 15.9 Å². The molecule has 0 unspecified atom stereocenters. The van der Waals surface area contributed by atoms with Gasteiger partial charge in [-0.25, -0.2) is 4.68 Å². The third-order valence-corrected chi connectivity index (χ3v) is 8.13. The summed E-state index contributed by atoms with van der Waals surface area (Å²) >= 11 is 3.56. The van der Waals surface area contributed by atoms with E-state index >= 15 is 0 Å². The van der Waals surface area contributed by atoms with Gasteiger partial charge in [-0.3, -0.25) is 4.79 Å². The molecule has 8 heteroatoms. The van der Waals surface area contributed by atoms with Crippen molar-refractivity contribution in [1.82, 2.24) is 9.78 Å². The Bertz CT molecular complexity index is 1630. The molecule has 198 valence electrons. The van der Waals surface area contributed by atoms with Gasteiger partial charge in [0.15, 0.2) is 17.3 Å². The molecular weight excluding hydrogens is 558 g/mol. The van der Waals surface area contributed by atoms with Crippen LogP contribution in [-0.2, 0) is 4.79 Å². The highest BCUT2D eigenvalue weighted by Crippen LogP contribution is 2.51. The molecule has 0 saturated carbocycles. The van der Waals surface area contributed by atoms with Gasteiger partial charge in [-0.2, -0.15) is 5.10 Å². The first-order chi connectivity index (χ1) is 18.9. The summed E-state index contributed by atoms with van der Waals surface area (Å²) in [5.74, 6) is 1.78. The van der Waals surface area contributed by atoms with Crippen LogP contribution in [-0.4, -0.2) is 34.9 Å². The number of phenols is 1. The number of Topliss-reactive ketones (excluding diaryl/α,β-unsaturated/α-hetero) is 1. The van der Waals surface area contributed by atoms with Gasteiger partial charge in [0.05, 0.1) is 25.6 Å². The average molecular weight is 586 g/mol. The number of anilines is 1. The van der Waals surface area contributed by atoms with Gasteiger partial charge in [0.1, 0.15) is 11.6 Å². The number of phenolic OH excluding ortho intramolecular Hbond substituents is 1. The van der Waals surface area contributed by atoms with Gasteiger partial charge in [0.2, 0.25) is 0 Å². The number of methoxy groups -OCH3 is 2. The number of benzene rings is 3. The monoisotopic (exact) mass is 585 g/mol. The first-order valence-electron chi connectivity index (χ1n) is 12.8. The molecule has 0 fully saturated rings. The zero-order valence-electron chi connectivity index (χ0n) is 21.9. The highest BCUT2D eigenvalue weighted by Gasteiger charge is 2.42. The molecule has 4 aromatic rings. The Morgan fingerprint density at radius 2 is 1.77 bits per heavy atom. The number of aryl methyl sites for hydroxylation is 1. The number of nitrogens with zero attached hydrogens (tertiary/aromatic N) is 2. The van der Waals surface area contributed by atoms with E-state index in [2.05, 4.69) is 21.2 Å². The van der Waals surface area contributed by atoms with Crippen molar-refractivity contribution in [2.24, 2.45) is 0 Å². The second-order valence-corrected chi connectivity index (χ2v) is 10.8. The number of ketones is 1. The van der Waals surface area contributed by atoms with Crippen LogP contribution in [0.5, 0.6) is 17.2 Å². The van der Waals surface area contributed by atoms with Crippen LogP contribution in [0.2, 0.25) is 0 Å². The molecular formula is C31H28BrN3O4. The lowest BCUT2D eigenvalue weighted by atomic mass is 9.72. The molecule has 1 aliphatic heterocycles. The quantitative estimate of drug-likeness (QED) is 0.273. The normalized spacial score (nSPS) is 18.3. The number of aromatic hydroxyl groups is 1. The molecule has 1 aliphatic carbocycles. The van der Waals surface area contributed by atoms with Crippen molar-refractivity contribution in [1.29, 1.82) is 0 Å². The number of carbonyl (C=O) groups is 1. The molecule has 0 saturated heterocycles. The molecule has 2 aliphatic rings. The molecule has 2 heterocycles. The number of halogens is 1. The number of allylic oxidation sites excluding steroid dienone is 2. The van der Waals surface area contributed by atoms with Gasteiger partial charge in [-0.1, -0.05) is 40.2 Å². The summed E-state index contributed by atoms with van der Waals surface area (Å²) in [5.41, 5.74) is 5.82. The average Bonchev–Trinajstić information content (AvgIpc) is 3.29. The fourth-order valence-corrected chi connectivity index (χ4v) is 6.22. The van der Waals surface area contributed by atoms with E-state index in [0.717, 1.165) is 38.5 Å². The maximum atomic E-state index is 14.0. The highest BCUT2D eigenvalue weighted by molar-refractivity contribution is 9.10. The summed E-state index contributed by atoms with van der Waals surface area (Å²) in [4.78, 5) is 14.0. The fourth-order valence-electron chi connectivity index (χ4n) is 5.84. The van der Waals surface area contributed by atoms with E-state index in [0.29, 0.717) is 35.5 Å². The number of aromatic nitrogens is 2. The van der Waals surface area contributed by atoms with Crippen molar-refractivity contribution in [2.45, 2.75) is 31.6 Å². The number of hydrogen-bond acceptors (Lipinski definition) is 6. The lowest BCUT2D eigenvalue weighted by Crippen LogP contribution is -2.30. The van der Waals surface area contributed by atoms with Crippen LogP contribution < -0.4 is 14.8 Å². The smallest absolute Gasteiger partial charge is 0.162 e. The Kier molecular flexibility index (Phi) is 6.43. The minimum Gasteiger partial charge on any atom is -0.508 e. The molecule has 2 atom stereocenters. The zero-order valence-corrected chi connectivity index (χ0v) is 23.5. The van der Waals surface area contributed by atoms with Crippen LogP contribution in [0.3, 0.4) is 0 Å². The van der Waals surface area contributed by atoms with Crippen LogP contribution in [0.1, 0.15) is 47.1 Å². The minimum atomic E-state index is -0.454. The molecule has 7 nitrogen and oxygen atoms in total. The standard InChI is InChI=1S/C31H28BrN3O4/c1-17-28-29(22-16-20(32)10-11-24(22)36)30-23(33-31(28)35(34-17)21-7-5-4-6-8-21)13-19(14-25(30)37)18-9-12-26(38-2)27(15-18)39-3/h4-12,15-16,19,29,33,36H,13-14H2,1-3H3/t19-,29+/m0/s1. The Morgan fingerprint density at radius 3 is 2.51 bits per heavy atom. The maximum absolute atomic E-state index is 14.0. The van der Waals surface area contributed by atoms with E-state index in [1.165, 1.54) is 0 Å². The summed E-state index contributed by atoms with van der Waals surface area (Å²) in [6, 6.07) is 21.1. The van der Waals surface area contributed by atoms with Crippen molar-refractivity contribution in [3.8, 4) is 22.9 Å². The number of carbonyl (C=O) groups excluding carboxylic acids is 1. The molecule has 0 radical (unpaired) electrons. The predicted octanol–water partition coefficient (Wildman–Crippen LogP) is 6.62. The van der Waals surface area contributed by atoms with Gasteiger partial charge in [0, 0.05) is 39.2 Å². The number of fused-ring (bicyclic) bond motifs is 1. The van der Waals surface area contributed by atoms with E-state index in [4.69, 9.17) is 14.6 Å². The summed E-state index contributed by atoms with van der Waals surface area (Å²) in [5, 5.41) is 19.5. The molecule has 0 spiro atoms. The van der Waals surface area contributed by atoms with Gasteiger partial charge < -0.3 is 19.9 Å². The van der Waals surface area contributed by atoms with Crippen LogP contribution in [0.15, 0.2) is 82.5 Å². The molecule has 6 rings (SSSR count). The summed E-state index contributed by atoms with van der Waals surface area (Å²) in [7, 11) is 3.22. The van der Waals surface area contributed by atoms with E-state index in [1.54, 1.807) is 26.4 Å². The van der Waals surface area contributed by atoms with Crippen molar-refractivity contribution >= 4 is 27.5 Å². The largest absolute Gasteiger partial charge is 0.508 e. The van der Waals surface area contributed by atoms with Crippen molar-refractivity contribution < 1.29 is 19.4 Å². The predicted molar refractivity (Wildman–Crippen MR) is 153 cm³/mol. The lowest BCUT2D eigenvalue weighted by Gasteiger charge is -2.36. The van der Waals surface area contributed by atoms with Crippen molar-refractivity contribution in [3.63, 3.8) is 0 Å². The van der Waals surface area contributed by atoms with Crippen LogP contribution in [0.4, 0.5) is 5.82 Å². The number of para-hydroxylation sites is 1. The van der Waals surface area contributed by atoms with Gasteiger partial charge in [-0.15, -0.1) is 0 Å². The van der Waals surface area contributed by atoms with E-state index in [9.17, 15) is 9.90 Å². The van der Waals surface area contributed by atoms with Gasteiger partial charge >= 0.3 is 0 Å². The summed E-state index contributed by atoms with van der Waals surface area (Å²) in [6.45, 7) is 1.95. The maximum Gasteiger partial charge on any atom is 0.162 e. The first kappa shape index (κ1) is 25.2. The number of rotatable bonds is 5. The van der Waals surface area contributed by atoms with Gasteiger partial charge in [-0.05, 0) is 67.3 Å². The Morgan fingerprint density at radius 1 is 1.00 bits per heavy atom. The lowest BCUT2D eigenvalue weighted by molar-refractivity contribution is -0.116. The Balaban J connectivity index is 1.52. The molecule has 3 aromatic carbocycles. The molecule has 39 heavy (non-hydrogen) atoms. The third kappa shape index (κ3) is 4.29. The van der Waals surface area contributed by atoms with E-state index in [-0.39, 0.29) is 17.5 Å². The first-order valence-corrected chi connectivity index (χ1v) is 13.6. The Labute approximate surface area is 235 Å². The highest BCUT2D eigenvalue weighted by atomic mass is 79.9. The number of hydrogen-bond donors (Lipinski definition) is 2. The SMILES string of the molecule is COc1ccc([C@@H]2CC(=O)C3=C(C2)Nc2c(c(C)nn2-c2ccccc2)[C@H]3c2cc(Br)ccc2O)cc1OC. The van der Waals surface area contributed by atoms with Crippen molar-refractivity contribution in [3.05, 3.63) is 105 Å². The third-order valence-electron chi connectivity index (χ3n) is 7.64. The van der Waals surface area contributed by atoms with Gasteiger partial charge in [0.25, 0.3) is 0 Å².